The Hall–Kier alpha value is -2.77. The Morgan fingerprint density at radius 1 is 1.11 bits per heavy atom. The molecule has 0 saturated carbocycles. The molecule has 0 saturated heterocycles. The molecule has 4 aromatic rings. The minimum absolute atomic E-state index is 0.206. The van der Waals surface area contributed by atoms with Crippen molar-refractivity contribution in [3.63, 3.8) is 0 Å². The second-order valence-electron chi connectivity index (χ2n) is 6.30. The van der Waals surface area contributed by atoms with Crippen molar-refractivity contribution in [2.75, 3.05) is 5.32 Å². The van der Waals surface area contributed by atoms with Crippen LogP contribution in [0.2, 0.25) is 5.02 Å². The summed E-state index contributed by atoms with van der Waals surface area (Å²) in [5.74, 6) is -0.368. The molecular weight excluding hydrogens is 442 g/mol. The van der Waals surface area contributed by atoms with E-state index in [9.17, 15) is 4.79 Å². The molecule has 0 radical (unpaired) electrons. The smallest absolute Gasteiger partial charge is 0.278 e. The number of hydrogen-bond acceptors (Lipinski definition) is 4. The van der Waals surface area contributed by atoms with Gasteiger partial charge in [0.25, 0.3) is 5.91 Å². The number of nitrogens with zero attached hydrogens (tertiary/aromatic N) is 4. The van der Waals surface area contributed by atoms with Crippen LogP contribution in [0.5, 0.6) is 0 Å². The first-order valence-corrected chi connectivity index (χ1v) is 9.66. The largest absolute Gasteiger partial charge is 0.320 e. The van der Waals surface area contributed by atoms with Gasteiger partial charge in [-0.05, 0) is 49.7 Å². The first kappa shape index (κ1) is 18.6. The summed E-state index contributed by atoms with van der Waals surface area (Å²) in [4.78, 5) is 12.7. The molecule has 2 aromatic carbocycles. The van der Waals surface area contributed by atoms with Crippen LogP contribution in [0.4, 0.5) is 5.69 Å². The van der Waals surface area contributed by atoms with E-state index in [2.05, 4.69) is 36.5 Å². The molecule has 4 rings (SSSR count). The third-order valence-electron chi connectivity index (χ3n) is 4.37. The number of benzene rings is 2. The number of aromatic nitrogens is 4. The summed E-state index contributed by atoms with van der Waals surface area (Å²) >= 11 is 9.42. The summed E-state index contributed by atoms with van der Waals surface area (Å²) in [6.45, 7) is 3.71. The minimum Gasteiger partial charge on any atom is -0.320 e. The Morgan fingerprint density at radius 3 is 2.57 bits per heavy atom. The van der Waals surface area contributed by atoms with Crippen molar-refractivity contribution >= 4 is 44.8 Å². The Bertz CT molecular complexity index is 1200. The highest BCUT2D eigenvalue weighted by atomic mass is 79.9. The van der Waals surface area contributed by atoms with Gasteiger partial charge in [-0.3, -0.25) is 4.79 Å². The number of carbonyl (C=O) groups is 1. The van der Waals surface area contributed by atoms with Gasteiger partial charge in [0, 0.05) is 15.2 Å². The van der Waals surface area contributed by atoms with Crippen LogP contribution in [-0.2, 0) is 0 Å². The van der Waals surface area contributed by atoms with Crippen LogP contribution in [0.3, 0.4) is 0 Å². The van der Waals surface area contributed by atoms with Gasteiger partial charge in [-0.2, -0.15) is 5.10 Å². The first-order chi connectivity index (χ1) is 13.4. The lowest BCUT2D eigenvalue weighted by molar-refractivity contribution is 0.102. The molecule has 2 aromatic heterocycles. The summed E-state index contributed by atoms with van der Waals surface area (Å²) in [7, 11) is 0. The van der Waals surface area contributed by atoms with E-state index in [1.807, 2.05) is 31.2 Å². The number of halogens is 2. The normalized spacial score (nSPS) is 11.0. The highest BCUT2D eigenvalue weighted by Crippen LogP contribution is 2.29. The number of nitrogens with one attached hydrogen (secondary N) is 1. The van der Waals surface area contributed by atoms with Gasteiger partial charge >= 0.3 is 0 Å². The average Bonchev–Trinajstić information content (AvgIpc) is 3.00. The zero-order valence-corrected chi connectivity index (χ0v) is 17.4. The van der Waals surface area contributed by atoms with Crippen LogP contribution in [0, 0.1) is 13.8 Å². The van der Waals surface area contributed by atoms with Gasteiger partial charge in [0.15, 0.2) is 11.3 Å². The predicted molar refractivity (Wildman–Crippen MR) is 113 cm³/mol. The quantitative estimate of drug-likeness (QED) is 0.467. The van der Waals surface area contributed by atoms with Crippen molar-refractivity contribution in [2.45, 2.75) is 13.8 Å². The maximum absolute atomic E-state index is 12.7. The zero-order valence-electron chi connectivity index (χ0n) is 15.1. The first-order valence-electron chi connectivity index (χ1n) is 8.49. The summed E-state index contributed by atoms with van der Waals surface area (Å²) in [6.07, 6.45) is 0. The molecule has 1 N–H and O–H groups in total. The van der Waals surface area contributed by atoms with Crippen molar-refractivity contribution in [3.05, 3.63) is 75.1 Å². The van der Waals surface area contributed by atoms with Crippen LogP contribution in [-0.4, -0.2) is 25.7 Å². The highest BCUT2D eigenvalue weighted by Gasteiger charge is 2.20. The lowest BCUT2D eigenvalue weighted by atomic mass is 10.1. The second-order valence-corrected chi connectivity index (χ2v) is 7.65. The summed E-state index contributed by atoms with van der Waals surface area (Å²) in [6, 6.07) is 14.8. The monoisotopic (exact) mass is 455 g/mol. The summed E-state index contributed by atoms with van der Waals surface area (Å²) < 4.78 is 2.65. The lowest BCUT2D eigenvalue weighted by Crippen LogP contribution is -2.18. The molecule has 8 heteroatoms. The van der Waals surface area contributed by atoms with Gasteiger partial charge in [0.1, 0.15) is 0 Å². The van der Waals surface area contributed by atoms with E-state index < -0.39 is 0 Å². The molecule has 0 aliphatic heterocycles. The standard InChI is InChI=1S/C20H15BrClN5O/c1-11-17(13-6-8-14(21)9-7-13)19-25-24-18(12(2)27(19)26-11)20(28)23-16-5-3-4-15(22)10-16/h3-10H,1-2H3,(H,23,28). The summed E-state index contributed by atoms with van der Waals surface area (Å²) in [5, 5.41) is 16.4. The fraction of sp³-hybridized carbons (Fsp3) is 0.100. The van der Waals surface area contributed by atoms with Gasteiger partial charge in [-0.15, -0.1) is 10.2 Å². The maximum atomic E-state index is 12.7. The molecular formula is C20H15BrClN5O. The van der Waals surface area contributed by atoms with Crippen LogP contribution >= 0.6 is 27.5 Å². The van der Waals surface area contributed by atoms with Crippen molar-refractivity contribution in [3.8, 4) is 11.1 Å². The summed E-state index contributed by atoms with van der Waals surface area (Å²) in [5.41, 5.74) is 4.70. The fourth-order valence-corrected chi connectivity index (χ4v) is 3.49. The molecule has 2 heterocycles. The molecule has 0 atom stereocenters. The molecule has 0 unspecified atom stereocenters. The van der Waals surface area contributed by atoms with Gasteiger partial charge in [0.2, 0.25) is 0 Å². The SMILES string of the molecule is Cc1nn2c(C)c(C(=O)Nc3cccc(Cl)c3)nnc2c1-c1ccc(Br)cc1. The van der Waals surface area contributed by atoms with Crippen LogP contribution in [0.15, 0.2) is 53.0 Å². The minimum atomic E-state index is -0.368. The Kier molecular flexibility index (Phi) is 4.87. The molecule has 0 aliphatic carbocycles. The molecule has 0 bridgehead atoms. The maximum Gasteiger partial charge on any atom is 0.278 e. The van der Waals surface area contributed by atoms with Crippen LogP contribution in [0.25, 0.3) is 16.8 Å². The molecule has 28 heavy (non-hydrogen) atoms. The number of rotatable bonds is 3. The van der Waals surface area contributed by atoms with E-state index in [4.69, 9.17) is 11.6 Å². The average molecular weight is 457 g/mol. The van der Waals surface area contributed by atoms with Crippen LogP contribution in [0.1, 0.15) is 21.9 Å². The van der Waals surface area contributed by atoms with Gasteiger partial charge < -0.3 is 5.32 Å². The zero-order chi connectivity index (χ0) is 19.8. The van der Waals surface area contributed by atoms with Crippen molar-refractivity contribution in [2.24, 2.45) is 0 Å². The fourth-order valence-electron chi connectivity index (χ4n) is 3.03. The molecule has 6 nitrogen and oxygen atoms in total. The molecule has 0 aliphatic rings. The van der Waals surface area contributed by atoms with E-state index in [1.165, 1.54) is 0 Å². The van der Waals surface area contributed by atoms with E-state index in [0.717, 1.165) is 21.3 Å². The number of anilines is 1. The van der Waals surface area contributed by atoms with Crippen molar-refractivity contribution in [1.29, 1.82) is 0 Å². The van der Waals surface area contributed by atoms with Gasteiger partial charge in [-0.1, -0.05) is 45.7 Å². The number of amides is 1. The van der Waals surface area contributed by atoms with Crippen molar-refractivity contribution < 1.29 is 4.79 Å². The highest BCUT2D eigenvalue weighted by molar-refractivity contribution is 9.10. The lowest BCUT2D eigenvalue weighted by Gasteiger charge is -2.08. The Balaban J connectivity index is 1.75. The molecule has 1 amide bonds. The van der Waals surface area contributed by atoms with Gasteiger partial charge in [0.05, 0.1) is 17.0 Å². The predicted octanol–water partition coefficient (Wildman–Crippen LogP) is 5.08. The van der Waals surface area contributed by atoms with Gasteiger partial charge in [-0.25, -0.2) is 4.52 Å². The van der Waals surface area contributed by atoms with Crippen molar-refractivity contribution in [1.82, 2.24) is 19.8 Å². The second kappa shape index (κ2) is 7.33. The molecule has 140 valence electrons. The Morgan fingerprint density at radius 2 is 1.86 bits per heavy atom. The molecule has 0 spiro atoms. The number of hydrogen-bond donors (Lipinski definition) is 1. The Labute approximate surface area is 174 Å². The third kappa shape index (κ3) is 3.39. The molecule has 0 fully saturated rings. The number of aryl methyl sites for hydroxylation is 2. The number of carbonyl (C=O) groups excluding carboxylic acids is 1. The number of fused-ring (bicyclic) bond motifs is 1. The third-order valence-corrected chi connectivity index (χ3v) is 5.14. The van der Waals surface area contributed by atoms with E-state index in [0.29, 0.717) is 22.1 Å². The topological polar surface area (TPSA) is 72.2 Å². The van der Waals surface area contributed by atoms with Crippen LogP contribution < -0.4 is 5.32 Å². The van der Waals surface area contributed by atoms with E-state index in [1.54, 1.807) is 35.7 Å². The van der Waals surface area contributed by atoms with E-state index >= 15 is 0 Å². The van der Waals surface area contributed by atoms with E-state index in [-0.39, 0.29) is 11.6 Å².